The van der Waals surface area contributed by atoms with E-state index in [1.165, 1.54) is 25.3 Å². The van der Waals surface area contributed by atoms with E-state index in [9.17, 15) is 4.79 Å². The molecule has 3 rings (SSSR count). The number of amides is 1. The number of nitrogens with one attached hydrogen (secondary N) is 3. The molecule has 1 aliphatic heterocycles. The van der Waals surface area contributed by atoms with Gasteiger partial charge >= 0.3 is 0 Å². The van der Waals surface area contributed by atoms with Gasteiger partial charge in [-0.2, -0.15) is 0 Å². The van der Waals surface area contributed by atoms with Gasteiger partial charge in [-0.15, -0.1) is 0 Å². The summed E-state index contributed by atoms with van der Waals surface area (Å²) in [4.78, 5) is 15.6. The summed E-state index contributed by atoms with van der Waals surface area (Å²) in [5, 5.41) is 13.8. The third-order valence-corrected chi connectivity index (χ3v) is 5.49. The minimum absolute atomic E-state index is 0.135. The quantitative estimate of drug-likeness (QED) is 0.442. The molecule has 1 atom stereocenters. The predicted octanol–water partition coefficient (Wildman–Crippen LogP) is 3.01. The molecule has 1 heterocycles. The zero-order valence-corrected chi connectivity index (χ0v) is 17.9. The lowest BCUT2D eigenvalue weighted by Crippen LogP contribution is -2.37. The van der Waals surface area contributed by atoms with Gasteiger partial charge in [-0.05, 0) is 61.3 Å². The molecule has 1 fully saturated rings. The largest absolute Gasteiger partial charge is 0.497 e. The Labute approximate surface area is 183 Å². The van der Waals surface area contributed by atoms with Gasteiger partial charge in [0.05, 0.1) is 7.11 Å². The lowest BCUT2D eigenvalue weighted by Gasteiger charge is -2.22. The van der Waals surface area contributed by atoms with Gasteiger partial charge in [-0.25, -0.2) is 0 Å². The van der Waals surface area contributed by atoms with Gasteiger partial charge in [-0.3, -0.25) is 4.79 Å². The molecule has 0 aromatic heterocycles. The molecule has 164 valence electrons. The number of methoxy groups -OCH3 is 1. The van der Waals surface area contributed by atoms with Gasteiger partial charge in [0.1, 0.15) is 11.8 Å². The molecule has 1 aliphatic rings. The van der Waals surface area contributed by atoms with Crippen molar-refractivity contribution >= 4 is 23.4 Å². The van der Waals surface area contributed by atoms with Gasteiger partial charge in [0.15, 0.2) is 0 Å². The van der Waals surface area contributed by atoms with Crippen LogP contribution in [0.25, 0.3) is 5.57 Å². The van der Waals surface area contributed by atoms with Crippen molar-refractivity contribution in [3.63, 3.8) is 0 Å². The molecule has 31 heavy (non-hydrogen) atoms. The molecular formula is C24H31N5O2. The number of carbonyl (C=O) groups excluding carboxylic acids is 1. The second-order valence-corrected chi connectivity index (χ2v) is 7.55. The van der Waals surface area contributed by atoms with Crippen molar-refractivity contribution in [2.75, 3.05) is 38.6 Å². The normalized spacial score (nSPS) is 15.5. The highest BCUT2D eigenvalue weighted by atomic mass is 16.5. The first-order chi connectivity index (χ1) is 15.1. The smallest absolute Gasteiger partial charge is 0.246 e. The van der Waals surface area contributed by atoms with Crippen LogP contribution in [0.2, 0.25) is 0 Å². The van der Waals surface area contributed by atoms with E-state index in [4.69, 9.17) is 15.9 Å². The van der Waals surface area contributed by atoms with Gasteiger partial charge in [-0.1, -0.05) is 24.3 Å². The second-order valence-electron chi connectivity index (χ2n) is 7.55. The van der Waals surface area contributed by atoms with Gasteiger partial charge < -0.3 is 31.4 Å². The molecule has 2 aromatic rings. The van der Waals surface area contributed by atoms with Crippen LogP contribution < -0.4 is 21.1 Å². The van der Waals surface area contributed by atoms with Crippen molar-refractivity contribution in [3.8, 4) is 5.75 Å². The summed E-state index contributed by atoms with van der Waals surface area (Å²) in [6.45, 7) is 3.89. The van der Waals surface area contributed by atoms with Crippen molar-refractivity contribution in [2.24, 2.45) is 5.73 Å². The van der Waals surface area contributed by atoms with E-state index in [1.54, 1.807) is 7.11 Å². The Morgan fingerprint density at radius 1 is 1.23 bits per heavy atom. The lowest BCUT2D eigenvalue weighted by atomic mass is 10.0. The van der Waals surface area contributed by atoms with Crippen LogP contribution in [0.5, 0.6) is 5.75 Å². The Kier molecular flexibility index (Phi) is 8.20. The van der Waals surface area contributed by atoms with Crippen LogP contribution in [0, 0.1) is 5.41 Å². The molecule has 1 saturated heterocycles. The van der Waals surface area contributed by atoms with E-state index in [1.807, 2.05) is 48.5 Å². The van der Waals surface area contributed by atoms with Gasteiger partial charge in [0.25, 0.3) is 0 Å². The number of likely N-dealkylation sites (tertiary alicyclic amines) is 1. The molecule has 1 amide bonds. The zero-order chi connectivity index (χ0) is 22.1. The number of nitrogens with two attached hydrogens (primary N) is 1. The lowest BCUT2D eigenvalue weighted by molar-refractivity contribution is -0.118. The van der Waals surface area contributed by atoms with Crippen molar-refractivity contribution in [1.82, 2.24) is 10.2 Å². The third kappa shape index (κ3) is 6.16. The monoisotopic (exact) mass is 421 g/mol. The topological polar surface area (TPSA) is 103 Å². The fraction of sp³-hybridized carbons (Fsp3) is 0.333. The average molecular weight is 422 g/mol. The molecule has 0 spiro atoms. The highest BCUT2D eigenvalue weighted by Crippen LogP contribution is 2.22. The van der Waals surface area contributed by atoms with Crippen LogP contribution in [-0.2, 0) is 4.79 Å². The number of nitrogens with zero attached hydrogens (tertiary/aromatic N) is 1. The van der Waals surface area contributed by atoms with Crippen molar-refractivity contribution < 1.29 is 9.53 Å². The maximum absolute atomic E-state index is 13.2. The number of benzene rings is 2. The molecule has 0 bridgehead atoms. The van der Waals surface area contributed by atoms with Crippen LogP contribution >= 0.6 is 0 Å². The van der Waals surface area contributed by atoms with Crippen molar-refractivity contribution in [1.29, 1.82) is 5.41 Å². The van der Waals surface area contributed by atoms with E-state index >= 15 is 0 Å². The van der Waals surface area contributed by atoms with E-state index in [0.717, 1.165) is 37.3 Å². The van der Waals surface area contributed by atoms with Crippen molar-refractivity contribution in [2.45, 2.75) is 18.9 Å². The minimum Gasteiger partial charge on any atom is -0.497 e. The Morgan fingerprint density at radius 2 is 1.97 bits per heavy atom. The fourth-order valence-corrected chi connectivity index (χ4v) is 3.74. The van der Waals surface area contributed by atoms with Crippen LogP contribution in [-0.4, -0.2) is 50.3 Å². The number of rotatable bonds is 10. The molecule has 2 aromatic carbocycles. The van der Waals surface area contributed by atoms with E-state index in [2.05, 4.69) is 15.5 Å². The Bertz CT molecular complexity index is 904. The van der Waals surface area contributed by atoms with E-state index in [0.29, 0.717) is 17.0 Å². The zero-order valence-electron chi connectivity index (χ0n) is 17.9. The minimum atomic E-state index is -0.501. The molecular weight excluding hydrogens is 390 g/mol. The van der Waals surface area contributed by atoms with E-state index in [-0.39, 0.29) is 5.91 Å². The van der Waals surface area contributed by atoms with E-state index < -0.39 is 6.04 Å². The standard InChI is InChI=1S/C24H31N5O2/c1-31-22-6-4-5-19(15-22)23(27-11-14-29-12-2-3-13-29)24(30)28-21-9-7-18(8-10-21)20(16-25)17-26/h4-10,15-17,23,25,27H,2-3,11-14,26H2,1H3,(H,28,30)/b20-17+,25-16?. The van der Waals surface area contributed by atoms with Crippen molar-refractivity contribution in [3.05, 3.63) is 65.9 Å². The highest BCUT2D eigenvalue weighted by molar-refractivity contribution is 6.08. The summed E-state index contributed by atoms with van der Waals surface area (Å²) in [6.07, 6.45) is 5.09. The third-order valence-electron chi connectivity index (χ3n) is 5.49. The number of hydrogen-bond acceptors (Lipinski definition) is 6. The maximum atomic E-state index is 13.2. The Morgan fingerprint density at radius 3 is 2.61 bits per heavy atom. The summed E-state index contributed by atoms with van der Waals surface area (Å²) in [5.41, 5.74) is 8.53. The Balaban J connectivity index is 1.72. The summed E-state index contributed by atoms with van der Waals surface area (Å²) in [6, 6.07) is 14.4. The second kappa shape index (κ2) is 11.3. The van der Waals surface area contributed by atoms with Crippen LogP contribution in [0.4, 0.5) is 5.69 Å². The first kappa shape index (κ1) is 22.5. The molecule has 1 unspecified atom stereocenters. The predicted molar refractivity (Wildman–Crippen MR) is 125 cm³/mol. The van der Waals surface area contributed by atoms with Crippen LogP contribution in [0.3, 0.4) is 0 Å². The van der Waals surface area contributed by atoms with Crippen LogP contribution in [0.15, 0.2) is 54.7 Å². The first-order valence-electron chi connectivity index (χ1n) is 10.6. The molecule has 7 nitrogen and oxygen atoms in total. The molecule has 0 radical (unpaired) electrons. The molecule has 7 heteroatoms. The maximum Gasteiger partial charge on any atom is 0.246 e. The number of ether oxygens (including phenoxy) is 1. The Hall–Kier alpha value is -3.16. The summed E-state index contributed by atoms with van der Waals surface area (Å²) >= 11 is 0. The van der Waals surface area contributed by atoms with Gasteiger partial charge in [0.2, 0.25) is 5.91 Å². The first-order valence-corrected chi connectivity index (χ1v) is 10.6. The SMILES string of the molecule is COc1cccc(C(NCCN2CCCC2)C(=O)Nc2ccc(/C(C=N)=C/N)cc2)c1. The fourth-order valence-electron chi connectivity index (χ4n) is 3.74. The number of hydrogen-bond donors (Lipinski definition) is 4. The number of carbonyl (C=O) groups is 1. The number of allylic oxidation sites excluding steroid dienone is 1. The molecule has 0 aliphatic carbocycles. The summed E-state index contributed by atoms with van der Waals surface area (Å²) < 4.78 is 5.34. The summed E-state index contributed by atoms with van der Waals surface area (Å²) in [7, 11) is 1.62. The highest BCUT2D eigenvalue weighted by Gasteiger charge is 2.21. The van der Waals surface area contributed by atoms with Crippen LogP contribution in [0.1, 0.15) is 30.0 Å². The number of anilines is 1. The molecule has 0 saturated carbocycles. The summed E-state index contributed by atoms with van der Waals surface area (Å²) in [5.74, 6) is 0.581. The molecule has 5 N–H and O–H groups in total. The average Bonchev–Trinajstić information content (AvgIpc) is 3.32. The van der Waals surface area contributed by atoms with Gasteiger partial charge in [0, 0.05) is 36.8 Å².